The zero-order valence-corrected chi connectivity index (χ0v) is 11.1. The van der Waals surface area contributed by atoms with Gasteiger partial charge >= 0.3 is 5.97 Å². The highest BCUT2D eigenvalue weighted by Gasteiger charge is 2.50. The lowest BCUT2D eigenvalue weighted by atomic mass is 10.1. The number of ether oxygens (including phenoxy) is 1. The molecule has 1 saturated carbocycles. The smallest absolute Gasteiger partial charge is 0.311 e. The molecule has 6 heteroatoms. The number of hydrogen-bond acceptors (Lipinski definition) is 4. The fraction of sp³-hybridized carbons (Fsp3) is 0.846. The summed E-state index contributed by atoms with van der Waals surface area (Å²) >= 11 is 0. The van der Waals surface area contributed by atoms with E-state index in [1.165, 1.54) is 0 Å². The molecule has 2 rings (SSSR count). The number of rotatable bonds is 7. The zero-order chi connectivity index (χ0) is 13.7. The third-order valence-corrected chi connectivity index (χ3v) is 3.90. The van der Waals surface area contributed by atoms with Crippen molar-refractivity contribution >= 4 is 11.9 Å². The second-order valence-electron chi connectivity index (χ2n) is 5.43. The van der Waals surface area contributed by atoms with Gasteiger partial charge in [-0.05, 0) is 38.8 Å². The fourth-order valence-corrected chi connectivity index (χ4v) is 2.25. The van der Waals surface area contributed by atoms with Crippen LogP contribution in [-0.2, 0) is 14.3 Å². The second-order valence-corrected chi connectivity index (χ2v) is 5.43. The minimum absolute atomic E-state index is 0.124. The van der Waals surface area contributed by atoms with E-state index in [2.05, 4.69) is 10.6 Å². The van der Waals surface area contributed by atoms with Crippen molar-refractivity contribution in [2.75, 3.05) is 26.2 Å². The van der Waals surface area contributed by atoms with Crippen molar-refractivity contribution in [2.24, 2.45) is 5.41 Å². The Balaban J connectivity index is 1.56. The van der Waals surface area contributed by atoms with Crippen molar-refractivity contribution in [3.05, 3.63) is 0 Å². The predicted octanol–water partition coefficient (Wildman–Crippen LogP) is 0.126. The van der Waals surface area contributed by atoms with E-state index in [0.717, 1.165) is 25.9 Å². The van der Waals surface area contributed by atoms with Crippen LogP contribution in [0.1, 0.15) is 32.1 Å². The van der Waals surface area contributed by atoms with Gasteiger partial charge in [-0.2, -0.15) is 0 Å². The van der Waals surface area contributed by atoms with Gasteiger partial charge in [0.2, 0.25) is 5.91 Å². The molecule has 2 aliphatic rings. The number of amides is 1. The van der Waals surface area contributed by atoms with E-state index < -0.39 is 11.4 Å². The largest absolute Gasteiger partial charge is 0.481 e. The highest BCUT2D eigenvalue weighted by Crippen LogP contribution is 2.45. The molecule has 0 radical (unpaired) electrons. The molecule has 0 aromatic rings. The van der Waals surface area contributed by atoms with Crippen LogP contribution in [0.2, 0.25) is 0 Å². The topological polar surface area (TPSA) is 87.7 Å². The normalized spacial score (nSPS) is 21.9. The SMILES string of the molecule is O=C(CCOC1CCNCC1)NCC1(C(=O)O)CC1. The van der Waals surface area contributed by atoms with Crippen LogP contribution in [0.4, 0.5) is 0 Å². The minimum Gasteiger partial charge on any atom is -0.481 e. The molecular weight excluding hydrogens is 248 g/mol. The highest BCUT2D eigenvalue weighted by atomic mass is 16.5. The number of carboxylic acids is 1. The number of hydrogen-bond donors (Lipinski definition) is 3. The van der Waals surface area contributed by atoms with Gasteiger partial charge in [0.1, 0.15) is 0 Å². The first-order valence-electron chi connectivity index (χ1n) is 6.95. The average Bonchev–Trinajstić information content (AvgIpc) is 3.19. The molecule has 1 aliphatic heterocycles. The van der Waals surface area contributed by atoms with Gasteiger partial charge < -0.3 is 20.5 Å². The molecule has 0 unspecified atom stereocenters. The van der Waals surface area contributed by atoms with Crippen molar-refractivity contribution in [3.8, 4) is 0 Å². The monoisotopic (exact) mass is 270 g/mol. The Kier molecular flexibility index (Phi) is 4.76. The molecular formula is C13H22N2O4. The number of nitrogens with one attached hydrogen (secondary N) is 2. The van der Waals surface area contributed by atoms with Crippen LogP contribution < -0.4 is 10.6 Å². The maximum atomic E-state index is 11.6. The molecule has 1 saturated heterocycles. The van der Waals surface area contributed by atoms with Crippen LogP contribution in [0, 0.1) is 5.41 Å². The minimum atomic E-state index is -0.807. The third kappa shape index (κ3) is 4.18. The average molecular weight is 270 g/mol. The van der Waals surface area contributed by atoms with Crippen LogP contribution in [0.5, 0.6) is 0 Å². The number of aliphatic carboxylic acids is 1. The molecule has 0 atom stereocenters. The van der Waals surface area contributed by atoms with Crippen LogP contribution in [0.25, 0.3) is 0 Å². The van der Waals surface area contributed by atoms with Crippen molar-refractivity contribution in [3.63, 3.8) is 0 Å². The second kappa shape index (κ2) is 6.34. The highest BCUT2D eigenvalue weighted by molar-refractivity contribution is 5.80. The van der Waals surface area contributed by atoms with Crippen LogP contribution in [-0.4, -0.2) is 49.3 Å². The quantitative estimate of drug-likeness (QED) is 0.612. The molecule has 108 valence electrons. The number of piperidine rings is 1. The molecule has 1 aliphatic carbocycles. The summed E-state index contributed by atoms with van der Waals surface area (Å²) in [6.45, 7) is 2.60. The van der Waals surface area contributed by atoms with Crippen molar-refractivity contribution in [2.45, 2.75) is 38.2 Å². The summed E-state index contributed by atoms with van der Waals surface area (Å²) < 4.78 is 5.63. The summed E-state index contributed by atoms with van der Waals surface area (Å²) in [6, 6.07) is 0. The summed E-state index contributed by atoms with van der Waals surface area (Å²) in [5, 5.41) is 14.9. The molecule has 0 bridgehead atoms. The molecule has 6 nitrogen and oxygen atoms in total. The van der Waals surface area contributed by atoms with Gasteiger partial charge in [0.25, 0.3) is 0 Å². The summed E-state index contributed by atoms with van der Waals surface area (Å²) in [6.07, 6.45) is 3.86. The molecule has 1 heterocycles. The number of carbonyl (C=O) groups is 2. The Morgan fingerprint density at radius 3 is 2.58 bits per heavy atom. The summed E-state index contributed by atoms with van der Waals surface area (Å²) in [4.78, 5) is 22.5. The third-order valence-electron chi connectivity index (χ3n) is 3.90. The van der Waals surface area contributed by atoms with Crippen LogP contribution in [0.15, 0.2) is 0 Å². The Labute approximate surface area is 112 Å². The lowest BCUT2D eigenvalue weighted by Gasteiger charge is -2.22. The number of carbonyl (C=O) groups excluding carboxylic acids is 1. The van der Waals surface area contributed by atoms with Gasteiger partial charge in [-0.3, -0.25) is 9.59 Å². The van der Waals surface area contributed by atoms with Gasteiger partial charge in [-0.15, -0.1) is 0 Å². The van der Waals surface area contributed by atoms with Gasteiger partial charge in [-0.25, -0.2) is 0 Å². The van der Waals surface area contributed by atoms with E-state index in [1.807, 2.05) is 0 Å². The van der Waals surface area contributed by atoms with E-state index in [9.17, 15) is 9.59 Å². The summed E-state index contributed by atoms with van der Waals surface area (Å²) in [7, 11) is 0. The molecule has 0 spiro atoms. The van der Waals surface area contributed by atoms with Crippen LogP contribution in [0.3, 0.4) is 0 Å². The van der Waals surface area contributed by atoms with Gasteiger partial charge in [0.15, 0.2) is 0 Å². The van der Waals surface area contributed by atoms with E-state index in [4.69, 9.17) is 9.84 Å². The Morgan fingerprint density at radius 1 is 1.32 bits per heavy atom. The molecule has 0 aromatic heterocycles. The van der Waals surface area contributed by atoms with Crippen molar-refractivity contribution in [1.82, 2.24) is 10.6 Å². The summed E-state index contributed by atoms with van der Waals surface area (Å²) in [5.74, 6) is -0.930. The standard InChI is InChI=1S/C13H22N2O4/c16-11(15-9-13(4-5-13)12(17)18)3-8-19-10-1-6-14-7-2-10/h10,14H,1-9H2,(H,15,16)(H,17,18). The van der Waals surface area contributed by atoms with E-state index in [-0.39, 0.29) is 18.6 Å². The van der Waals surface area contributed by atoms with E-state index >= 15 is 0 Å². The Bertz CT molecular complexity index is 336. The van der Waals surface area contributed by atoms with Gasteiger partial charge in [0.05, 0.1) is 18.1 Å². The van der Waals surface area contributed by atoms with E-state index in [0.29, 0.717) is 25.9 Å². The molecule has 2 fully saturated rings. The maximum absolute atomic E-state index is 11.6. The molecule has 19 heavy (non-hydrogen) atoms. The van der Waals surface area contributed by atoms with Crippen LogP contribution >= 0.6 is 0 Å². The first-order valence-corrected chi connectivity index (χ1v) is 6.95. The zero-order valence-electron chi connectivity index (χ0n) is 11.1. The van der Waals surface area contributed by atoms with E-state index in [1.54, 1.807) is 0 Å². The lowest BCUT2D eigenvalue weighted by Crippen LogP contribution is -2.35. The van der Waals surface area contributed by atoms with Crippen molar-refractivity contribution in [1.29, 1.82) is 0 Å². The maximum Gasteiger partial charge on any atom is 0.311 e. The first-order chi connectivity index (χ1) is 9.12. The van der Waals surface area contributed by atoms with Gasteiger partial charge in [0, 0.05) is 13.0 Å². The molecule has 0 aromatic carbocycles. The fourth-order valence-electron chi connectivity index (χ4n) is 2.25. The molecule has 1 amide bonds. The van der Waals surface area contributed by atoms with Crippen molar-refractivity contribution < 1.29 is 19.4 Å². The summed E-state index contributed by atoms with van der Waals surface area (Å²) in [5.41, 5.74) is -0.689. The Hall–Kier alpha value is -1.14. The first kappa shape index (κ1) is 14.3. The van der Waals surface area contributed by atoms with Gasteiger partial charge in [-0.1, -0.05) is 0 Å². The number of carboxylic acid groups (broad SMARTS) is 1. The molecule has 3 N–H and O–H groups in total. The Morgan fingerprint density at radius 2 is 2.00 bits per heavy atom. The predicted molar refractivity (Wildman–Crippen MR) is 68.8 cm³/mol. The lowest BCUT2D eigenvalue weighted by molar-refractivity contribution is -0.143.